The van der Waals surface area contributed by atoms with Crippen LogP contribution < -0.4 is 10.6 Å². The molecule has 16 heavy (non-hydrogen) atoms. The van der Waals surface area contributed by atoms with E-state index in [4.69, 9.17) is 10.5 Å². The lowest BCUT2D eigenvalue weighted by Gasteiger charge is -2.27. The molecule has 0 aliphatic carbocycles. The Labute approximate surface area is 96.0 Å². The van der Waals surface area contributed by atoms with Gasteiger partial charge in [-0.15, -0.1) is 0 Å². The number of aryl methyl sites for hydroxylation is 1. The van der Waals surface area contributed by atoms with Gasteiger partial charge in [-0.2, -0.15) is 0 Å². The number of anilines is 1. The molecule has 4 heteroatoms. The van der Waals surface area contributed by atoms with E-state index in [2.05, 4.69) is 0 Å². The molecule has 0 spiro atoms. The molecule has 2 N–H and O–H groups in total. The summed E-state index contributed by atoms with van der Waals surface area (Å²) in [6.45, 7) is 2.24. The zero-order valence-electron chi connectivity index (χ0n) is 9.93. The number of benzene rings is 1. The van der Waals surface area contributed by atoms with Gasteiger partial charge in [-0.1, -0.05) is 12.1 Å². The van der Waals surface area contributed by atoms with Crippen LogP contribution in [0.3, 0.4) is 0 Å². The topological polar surface area (TPSA) is 55.6 Å². The van der Waals surface area contributed by atoms with Crippen molar-refractivity contribution < 1.29 is 9.53 Å². The van der Waals surface area contributed by atoms with Crippen molar-refractivity contribution in [2.45, 2.75) is 13.0 Å². The van der Waals surface area contributed by atoms with Crippen LogP contribution in [0, 0.1) is 6.92 Å². The van der Waals surface area contributed by atoms with Gasteiger partial charge in [-0.3, -0.25) is 0 Å². The molecule has 1 aromatic carbocycles. The molecule has 4 nitrogen and oxygen atoms in total. The van der Waals surface area contributed by atoms with E-state index in [0.29, 0.717) is 0 Å². The van der Waals surface area contributed by atoms with Crippen molar-refractivity contribution >= 4 is 11.7 Å². The summed E-state index contributed by atoms with van der Waals surface area (Å²) in [6, 6.07) is 7.47. The Bertz CT molecular complexity index is 366. The third kappa shape index (κ3) is 2.73. The molecule has 1 aromatic rings. The van der Waals surface area contributed by atoms with Gasteiger partial charge in [0.1, 0.15) is 6.04 Å². The molecule has 0 aromatic heterocycles. The molecule has 0 aliphatic heterocycles. The number of rotatable bonds is 4. The summed E-state index contributed by atoms with van der Waals surface area (Å²) in [5.41, 5.74) is 7.69. The lowest BCUT2D eigenvalue weighted by Crippen LogP contribution is -2.44. The van der Waals surface area contributed by atoms with Gasteiger partial charge in [-0.05, 0) is 24.6 Å². The van der Waals surface area contributed by atoms with Crippen molar-refractivity contribution in [2.24, 2.45) is 5.73 Å². The normalized spacial score (nSPS) is 12.0. The summed E-state index contributed by atoms with van der Waals surface area (Å²) in [4.78, 5) is 13.3. The fraction of sp³-hybridized carbons (Fsp3) is 0.417. The highest BCUT2D eigenvalue weighted by atomic mass is 16.5. The average Bonchev–Trinajstić information content (AvgIpc) is 2.29. The first kappa shape index (κ1) is 12.5. The first-order valence-electron chi connectivity index (χ1n) is 5.17. The van der Waals surface area contributed by atoms with Gasteiger partial charge in [0.25, 0.3) is 0 Å². The molecule has 1 rings (SSSR count). The van der Waals surface area contributed by atoms with Gasteiger partial charge in [0.05, 0.1) is 7.11 Å². The zero-order chi connectivity index (χ0) is 12.1. The van der Waals surface area contributed by atoms with Gasteiger partial charge in [0, 0.05) is 19.3 Å². The summed E-state index contributed by atoms with van der Waals surface area (Å²) in [6.07, 6.45) is 0. The van der Waals surface area contributed by atoms with E-state index in [0.717, 1.165) is 11.3 Å². The van der Waals surface area contributed by atoms with Crippen molar-refractivity contribution in [1.82, 2.24) is 0 Å². The van der Waals surface area contributed by atoms with Crippen LogP contribution in [0.5, 0.6) is 0 Å². The Hall–Kier alpha value is -1.55. The molecule has 88 valence electrons. The average molecular weight is 222 g/mol. The second-order valence-electron chi connectivity index (χ2n) is 3.72. The molecule has 1 unspecified atom stereocenters. The summed E-state index contributed by atoms with van der Waals surface area (Å²) >= 11 is 0. The first-order valence-corrected chi connectivity index (χ1v) is 5.17. The Morgan fingerprint density at radius 1 is 1.56 bits per heavy atom. The predicted molar refractivity (Wildman–Crippen MR) is 64.4 cm³/mol. The van der Waals surface area contributed by atoms with Gasteiger partial charge < -0.3 is 15.4 Å². The van der Waals surface area contributed by atoms with E-state index in [1.165, 1.54) is 7.11 Å². The second kappa shape index (κ2) is 5.51. The molecule has 0 fully saturated rings. The zero-order valence-corrected chi connectivity index (χ0v) is 9.93. The molecule has 0 amide bonds. The van der Waals surface area contributed by atoms with Gasteiger partial charge in [-0.25, -0.2) is 4.79 Å². The monoisotopic (exact) mass is 222 g/mol. The number of likely N-dealkylation sites (N-methyl/N-ethyl adjacent to an activating group) is 1. The smallest absolute Gasteiger partial charge is 0.329 e. The van der Waals surface area contributed by atoms with Crippen LogP contribution in [-0.4, -0.2) is 32.7 Å². The third-order valence-corrected chi connectivity index (χ3v) is 2.57. The molecule has 0 radical (unpaired) electrons. The van der Waals surface area contributed by atoms with Crippen LogP contribution in [0.2, 0.25) is 0 Å². The molecular weight excluding hydrogens is 204 g/mol. The predicted octanol–water partition coefficient (Wildman–Crippen LogP) is 0.932. The number of nitrogens with zero attached hydrogens (tertiary/aromatic N) is 1. The lowest BCUT2D eigenvalue weighted by atomic mass is 10.1. The molecule has 1 atom stereocenters. The highest BCUT2D eigenvalue weighted by Gasteiger charge is 2.22. The number of hydrogen-bond acceptors (Lipinski definition) is 4. The van der Waals surface area contributed by atoms with Crippen LogP contribution >= 0.6 is 0 Å². The molecular formula is C12H18N2O2. The highest BCUT2D eigenvalue weighted by Crippen LogP contribution is 2.16. The minimum Gasteiger partial charge on any atom is -0.467 e. The minimum absolute atomic E-state index is 0.233. The summed E-state index contributed by atoms with van der Waals surface area (Å²) in [7, 11) is 3.21. The number of methoxy groups -OCH3 is 1. The van der Waals surface area contributed by atoms with E-state index in [-0.39, 0.29) is 12.5 Å². The number of hydrogen-bond donors (Lipinski definition) is 1. The highest BCUT2D eigenvalue weighted by molar-refractivity contribution is 5.80. The van der Waals surface area contributed by atoms with Crippen molar-refractivity contribution in [3.8, 4) is 0 Å². The Morgan fingerprint density at radius 2 is 2.25 bits per heavy atom. The maximum atomic E-state index is 11.5. The number of ether oxygens (including phenoxy) is 1. The largest absolute Gasteiger partial charge is 0.467 e. The lowest BCUT2D eigenvalue weighted by molar-refractivity contribution is -0.141. The van der Waals surface area contributed by atoms with Crippen LogP contribution in [0.4, 0.5) is 5.69 Å². The second-order valence-corrected chi connectivity index (χ2v) is 3.72. The van der Waals surface area contributed by atoms with Crippen LogP contribution in [0.25, 0.3) is 0 Å². The van der Waals surface area contributed by atoms with Crippen molar-refractivity contribution in [1.29, 1.82) is 0 Å². The van der Waals surface area contributed by atoms with Crippen molar-refractivity contribution in [2.75, 3.05) is 25.6 Å². The molecule has 0 aliphatic rings. The van der Waals surface area contributed by atoms with Gasteiger partial charge in [0.15, 0.2) is 0 Å². The van der Waals surface area contributed by atoms with E-state index < -0.39 is 6.04 Å². The first-order chi connectivity index (χ1) is 7.60. The summed E-state index contributed by atoms with van der Waals surface area (Å²) < 4.78 is 4.72. The summed E-state index contributed by atoms with van der Waals surface area (Å²) in [5.74, 6) is -0.313. The quantitative estimate of drug-likeness (QED) is 0.770. The SMILES string of the molecule is COC(=O)C(CN)N(C)c1cccc(C)c1. The molecule has 0 bridgehead atoms. The fourth-order valence-corrected chi connectivity index (χ4v) is 1.58. The maximum absolute atomic E-state index is 11.5. The molecule has 0 saturated carbocycles. The number of carbonyl (C=O) groups is 1. The van der Waals surface area contributed by atoms with Crippen molar-refractivity contribution in [3.63, 3.8) is 0 Å². The Balaban J connectivity index is 2.90. The Morgan fingerprint density at radius 3 is 2.75 bits per heavy atom. The van der Waals surface area contributed by atoms with Gasteiger partial charge >= 0.3 is 5.97 Å². The van der Waals surface area contributed by atoms with Crippen LogP contribution in [0.1, 0.15) is 5.56 Å². The number of carbonyl (C=O) groups excluding carboxylic acids is 1. The van der Waals surface area contributed by atoms with E-state index in [9.17, 15) is 4.79 Å². The third-order valence-electron chi connectivity index (χ3n) is 2.57. The standard InChI is InChI=1S/C12H18N2O2/c1-9-5-4-6-10(7-9)14(2)11(8-13)12(15)16-3/h4-7,11H,8,13H2,1-3H3. The van der Waals surface area contributed by atoms with Crippen molar-refractivity contribution in [3.05, 3.63) is 29.8 Å². The van der Waals surface area contributed by atoms with E-state index in [1.807, 2.05) is 43.1 Å². The van der Waals surface area contributed by atoms with Crippen LogP contribution in [-0.2, 0) is 9.53 Å². The summed E-state index contributed by atoms with van der Waals surface area (Å²) in [5, 5.41) is 0. The Kier molecular flexibility index (Phi) is 4.31. The fourth-order valence-electron chi connectivity index (χ4n) is 1.58. The number of esters is 1. The van der Waals surface area contributed by atoms with Gasteiger partial charge in [0.2, 0.25) is 0 Å². The van der Waals surface area contributed by atoms with E-state index >= 15 is 0 Å². The molecule has 0 saturated heterocycles. The number of nitrogens with two attached hydrogens (primary N) is 1. The minimum atomic E-state index is -0.438. The molecule has 0 heterocycles. The maximum Gasteiger partial charge on any atom is 0.329 e. The van der Waals surface area contributed by atoms with E-state index in [1.54, 1.807) is 0 Å². The van der Waals surface area contributed by atoms with Crippen LogP contribution in [0.15, 0.2) is 24.3 Å².